The summed E-state index contributed by atoms with van der Waals surface area (Å²) in [6.45, 7) is -2.55. The Balaban J connectivity index is 0.000000244. The number of amides is 2. The van der Waals surface area contributed by atoms with E-state index in [-0.39, 0.29) is 68.7 Å². The number of hydrogen-bond donors (Lipinski definition) is 4. The largest absolute Gasteiger partial charge is 0.471 e. The number of nitrogens with two attached hydrogens (primary N) is 2. The molecule has 2 amide bonds. The van der Waals surface area contributed by atoms with Gasteiger partial charge in [-0.1, -0.05) is 23.2 Å². The maximum absolute atomic E-state index is 12.9. The average molecular weight is 1030 g/mol. The quantitative estimate of drug-likeness (QED) is 0.0617. The Bertz CT molecular complexity index is 2240. The van der Waals surface area contributed by atoms with Crippen LogP contribution in [0, 0.1) is 0 Å². The number of hydrogen-bond acceptors (Lipinski definition) is 14. The smallest absolute Gasteiger partial charge is 0.282 e. The molecule has 2 fully saturated rings. The monoisotopic (exact) mass is 1030 g/mol. The third-order valence-corrected chi connectivity index (χ3v) is 7.96. The maximum Gasteiger partial charge on any atom is 0.282 e. The number of nitrogens with one attached hydrogen (secondary N) is 2. The first-order valence-electron chi connectivity index (χ1n) is 19.0. The van der Waals surface area contributed by atoms with E-state index in [0.717, 1.165) is 0 Å². The van der Waals surface area contributed by atoms with Crippen LogP contribution in [0.2, 0.25) is 10.3 Å². The van der Waals surface area contributed by atoms with Gasteiger partial charge in [0.2, 0.25) is 35.3 Å². The van der Waals surface area contributed by atoms with Gasteiger partial charge in [-0.05, 0) is 12.1 Å². The van der Waals surface area contributed by atoms with Crippen molar-refractivity contribution in [1.82, 2.24) is 19.9 Å². The SMILES string of the molecule is CC(=O)Nc1cc(Cl)nc(OCC(F)F)c1.CC(=O)Nc1cc(OCC(F)F)nc(N2CC(F)(F)C2)c1.Nc1cc(Cl)nc(OCC(F)F)c1.Nc1cc(OCC(F)F)nc(N2CC(F)(F)C2)c1. The van der Waals surface area contributed by atoms with E-state index in [1.54, 1.807) is 0 Å². The molecular weight excluding hydrogens is 991 g/mol. The Labute approximate surface area is 388 Å². The molecule has 4 aromatic rings. The van der Waals surface area contributed by atoms with Crippen molar-refractivity contribution < 1.29 is 81.2 Å². The van der Waals surface area contributed by atoms with Crippen molar-refractivity contribution in [3.8, 4) is 23.5 Å². The molecule has 2 aliphatic rings. The molecule has 68 heavy (non-hydrogen) atoms. The van der Waals surface area contributed by atoms with Gasteiger partial charge in [-0.15, -0.1) is 0 Å². The van der Waals surface area contributed by atoms with Crippen LogP contribution in [0.3, 0.4) is 0 Å². The zero-order valence-corrected chi connectivity index (χ0v) is 36.7. The second-order valence-electron chi connectivity index (χ2n) is 13.8. The minimum Gasteiger partial charge on any atom is -0.471 e. The van der Waals surface area contributed by atoms with Gasteiger partial charge in [0.15, 0.2) is 26.4 Å². The zero-order valence-electron chi connectivity index (χ0n) is 35.2. The second kappa shape index (κ2) is 25.7. The molecule has 6 N–H and O–H groups in total. The van der Waals surface area contributed by atoms with E-state index in [0.29, 0.717) is 11.4 Å². The van der Waals surface area contributed by atoms with E-state index in [1.165, 1.54) is 72.2 Å². The molecule has 0 atom stereocenters. The van der Waals surface area contributed by atoms with Crippen LogP contribution in [0.4, 0.5) is 87.1 Å². The summed E-state index contributed by atoms with van der Waals surface area (Å²) in [6, 6.07) is 10.7. The predicted molar refractivity (Wildman–Crippen MR) is 225 cm³/mol. The van der Waals surface area contributed by atoms with E-state index < -0.39 is 90.2 Å². The van der Waals surface area contributed by atoms with Crippen molar-refractivity contribution in [2.75, 3.05) is 84.5 Å². The van der Waals surface area contributed by atoms with Crippen molar-refractivity contribution in [3.63, 3.8) is 0 Å². The highest BCUT2D eigenvalue weighted by molar-refractivity contribution is 6.30. The molecule has 0 radical (unpaired) electrons. The van der Waals surface area contributed by atoms with E-state index in [9.17, 15) is 62.3 Å². The fraction of sp³-hybridized carbons (Fsp3) is 0.421. The molecule has 0 unspecified atom stereocenters. The first kappa shape index (κ1) is 56.0. The predicted octanol–water partition coefficient (Wildman–Crippen LogP) is 8.20. The zero-order chi connectivity index (χ0) is 50.9. The summed E-state index contributed by atoms with van der Waals surface area (Å²) in [5.74, 6) is -6.20. The van der Waals surface area contributed by atoms with Gasteiger partial charge >= 0.3 is 0 Å². The molecule has 6 heterocycles. The van der Waals surface area contributed by atoms with Crippen LogP contribution in [-0.4, -0.2) is 122 Å². The summed E-state index contributed by atoms with van der Waals surface area (Å²) in [6.07, 6.45) is -10.5. The number of carbonyl (C=O) groups is 2. The third-order valence-electron chi connectivity index (χ3n) is 7.57. The summed E-state index contributed by atoms with van der Waals surface area (Å²) in [7, 11) is 0. The summed E-state index contributed by atoms with van der Waals surface area (Å²) in [5, 5.41) is 5.05. The highest BCUT2D eigenvalue weighted by atomic mass is 35.5. The molecule has 6 rings (SSSR count). The van der Waals surface area contributed by atoms with Gasteiger partial charge in [0, 0.05) is 73.0 Å². The van der Waals surface area contributed by atoms with Crippen molar-refractivity contribution in [2.45, 2.75) is 51.4 Å². The van der Waals surface area contributed by atoms with Gasteiger partial charge in [0.05, 0.1) is 26.2 Å². The Hall–Kier alpha value is -6.32. The number of pyridine rings is 4. The molecule has 30 heteroatoms. The standard InChI is InChI=1S/C12H13F4N3O2.C10H11F4N3O.C9H9ClF2N2O2.C7H7ClF2N2O/c1-7(20)17-8-2-10(19-5-12(15,16)6-19)18-11(3-8)21-4-9(13)14;11-7(12)3-18-9-2-6(15)1-8(16-9)17-4-10(13,14)5-17;1-5(15)13-6-2-7(10)14-9(3-6)16-4-8(11)12;8-5-1-4(11)2-7(12-5)13-3-6(9)10/h2-3,9H,4-6H2,1H3,(H,17,18,20);1-2,7H,3-5H2,(H2,15,16);2-3,8H,4H2,1H3,(H,13,14,15);1-2,6H,3H2,(H2,11,12). The molecule has 2 saturated heterocycles. The van der Waals surface area contributed by atoms with Crippen LogP contribution in [0.15, 0.2) is 48.5 Å². The highest BCUT2D eigenvalue weighted by Gasteiger charge is 2.45. The lowest BCUT2D eigenvalue weighted by atomic mass is 10.1. The molecule has 0 aromatic carbocycles. The molecule has 16 nitrogen and oxygen atoms in total. The Morgan fingerprint density at radius 2 is 0.853 bits per heavy atom. The number of nitrogens with zero attached hydrogens (tertiary/aromatic N) is 6. The maximum atomic E-state index is 12.9. The van der Waals surface area contributed by atoms with Gasteiger partial charge in [-0.2, -0.15) is 9.97 Å². The summed E-state index contributed by atoms with van der Waals surface area (Å²) in [4.78, 5) is 39.4. The fourth-order valence-electron chi connectivity index (χ4n) is 5.08. The molecule has 4 aromatic heterocycles. The van der Waals surface area contributed by atoms with Crippen LogP contribution in [0.25, 0.3) is 0 Å². The van der Waals surface area contributed by atoms with Crippen LogP contribution in [-0.2, 0) is 9.59 Å². The van der Waals surface area contributed by atoms with Crippen LogP contribution < -0.4 is 50.8 Å². The number of alkyl halides is 12. The van der Waals surface area contributed by atoms with Gasteiger partial charge in [0.25, 0.3) is 37.5 Å². The average Bonchev–Trinajstić information content (AvgIpc) is 3.18. The first-order chi connectivity index (χ1) is 31.6. The number of anilines is 6. The van der Waals surface area contributed by atoms with Crippen molar-refractivity contribution in [3.05, 3.63) is 58.8 Å². The lowest BCUT2D eigenvalue weighted by molar-refractivity contribution is -0.115. The lowest BCUT2D eigenvalue weighted by Gasteiger charge is -2.39. The van der Waals surface area contributed by atoms with Crippen molar-refractivity contribution in [2.24, 2.45) is 0 Å². The van der Waals surface area contributed by atoms with Crippen LogP contribution in [0.5, 0.6) is 23.5 Å². The number of carbonyl (C=O) groups excluding carboxylic acids is 2. The number of halogens is 14. The van der Waals surface area contributed by atoms with Crippen LogP contribution in [0.1, 0.15) is 13.8 Å². The van der Waals surface area contributed by atoms with Gasteiger partial charge in [0.1, 0.15) is 21.9 Å². The topological polar surface area (TPSA) is 205 Å². The Kier molecular flexibility index (Phi) is 21.2. The van der Waals surface area contributed by atoms with Gasteiger partial charge in [-0.3, -0.25) is 9.59 Å². The Morgan fingerprint density at radius 3 is 1.21 bits per heavy atom. The number of rotatable bonds is 16. The fourth-order valence-corrected chi connectivity index (χ4v) is 5.49. The highest BCUT2D eigenvalue weighted by Crippen LogP contribution is 2.34. The molecule has 0 spiro atoms. The number of nitrogen functional groups attached to an aromatic ring is 2. The minimum atomic E-state index is -2.80. The van der Waals surface area contributed by atoms with Crippen LogP contribution >= 0.6 is 23.2 Å². The molecule has 0 saturated carbocycles. The van der Waals surface area contributed by atoms with Crippen molar-refractivity contribution in [1.29, 1.82) is 0 Å². The summed E-state index contributed by atoms with van der Waals surface area (Å²) < 4.78 is 165. The Morgan fingerprint density at radius 1 is 0.544 bits per heavy atom. The second-order valence-corrected chi connectivity index (χ2v) is 14.6. The third kappa shape index (κ3) is 21.5. The van der Waals surface area contributed by atoms with Gasteiger partial charge in [-0.25, -0.2) is 62.7 Å². The first-order valence-corrected chi connectivity index (χ1v) is 19.8. The minimum absolute atomic E-state index is 0.00491. The molecular formula is C38H40Cl2F12N10O6. The molecule has 0 aliphatic carbocycles. The molecule has 0 bridgehead atoms. The van der Waals surface area contributed by atoms with E-state index in [2.05, 4.69) is 40.0 Å². The van der Waals surface area contributed by atoms with E-state index in [1.807, 2.05) is 0 Å². The van der Waals surface area contributed by atoms with E-state index >= 15 is 0 Å². The molecule has 2 aliphatic heterocycles. The summed E-state index contributed by atoms with van der Waals surface area (Å²) in [5.41, 5.74) is 12.0. The summed E-state index contributed by atoms with van der Waals surface area (Å²) >= 11 is 11.1. The lowest BCUT2D eigenvalue weighted by Crippen LogP contribution is -2.56. The molecule has 376 valence electrons. The normalized spacial score (nSPS) is 14.2. The van der Waals surface area contributed by atoms with Gasteiger partial charge < -0.3 is 50.8 Å². The van der Waals surface area contributed by atoms with E-state index in [4.69, 9.17) is 44.1 Å². The number of aromatic nitrogens is 4. The van der Waals surface area contributed by atoms with Crippen molar-refractivity contribution >= 4 is 69.4 Å². The number of ether oxygens (including phenoxy) is 4.